The van der Waals surface area contributed by atoms with Crippen LogP contribution < -0.4 is 0 Å². The van der Waals surface area contributed by atoms with Crippen LogP contribution in [0.3, 0.4) is 0 Å². The standard InChI is InChI=1S/C14H16BBrN2/c15-11-18(9-12-4-2-1-3-5-12)10-13-6-14(16)8-17-7-13/h1-8H,9-11,15H2. The van der Waals surface area contributed by atoms with Gasteiger partial charge in [0.15, 0.2) is 0 Å². The molecule has 2 nitrogen and oxygen atoms in total. The third-order valence-electron chi connectivity index (χ3n) is 2.86. The van der Waals surface area contributed by atoms with Gasteiger partial charge in [0, 0.05) is 30.0 Å². The lowest BCUT2D eigenvalue weighted by Crippen LogP contribution is -2.24. The van der Waals surface area contributed by atoms with Gasteiger partial charge in [-0.05, 0) is 39.6 Å². The Morgan fingerprint density at radius 1 is 1.06 bits per heavy atom. The van der Waals surface area contributed by atoms with Gasteiger partial charge in [0.25, 0.3) is 0 Å². The Morgan fingerprint density at radius 2 is 1.78 bits per heavy atom. The molecule has 1 aromatic heterocycles. The molecule has 2 rings (SSSR count). The molecule has 1 aromatic carbocycles. The minimum Gasteiger partial charge on any atom is -0.303 e. The fraction of sp³-hybridized carbons (Fsp3) is 0.214. The molecule has 1 heterocycles. The molecule has 0 radical (unpaired) electrons. The minimum atomic E-state index is 0.928. The quantitative estimate of drug-likeness (QED) is 0.789. The number of nitrogens with zero attached hydrogens (tertiary/aromatic N) is 2. The summed E-state index contributed by atoms with van der Waals surface area (Å²) in [5, 5.41) is 0. The Labute approximate surface area is 118 Å². The lowest BCUT2D eigenvalue weighted by Gasteiger charge is -2.20. The van der Waals surface area contributed by atoms with E-state index in [-0.39, 0.29) is 0 Å². The maximum absolute atomic E-state index is 4.21. The number of benzene rings is 1. The van der Waals surface area contributed by atoms with Crippen LogP contribution in [0.1, 0.15) is 11.1 Å². The molecule has 0 saturated heterocycles. The van der Waals surface area contributed by atoms with E-state index in [9.17, 15) is 0 Å². The largest absolute Gasteiger partial charge is 0.303 e. The summed E-state index contributed by atoms with van der Waals surface area (Å²) >= 11 is 3.46. The third kappa shape index (κ3) is 3.96. The number of aromatic nitrogens is 1. The van der Waals surface area contributed by atoms with Crippen molar-refractivity contribution < 1.29 is 0 Å². The maximum Gasteiger partial charge on any atom is 0.119 e. The van der Waals surface area contributed by atoms with Gasteiger partial charge in [0.05, 0.1) is 0 Å². The van der Waals surface area contributed by atoms with Crippen molar-refractivity contribution in [1.29, 1.82) is 0 Å². The van der Waals surface area contributed by atoms with Crippen molar-refractivity contribution in [2.75, 3.05) is 6.44 Å². The molecular weight excluding hydrogens is 287 g/mol. The van der Waals surface area contributed by atoms with Crippen LogP contribution in [-0.2, 0) is 13.1 Å². The number of hydrogen-bond acceptors (Lipinski definition) is 2. The van der Waals surface area contributed by atoms with Gasteiger partial charge in [-0.1, -0.05) is 30.3 Å². The smallest absolute Gasteiger partial charge is 0.119 e. The number of pyridine rings is 1. The highest BCUT2D eigenvalue weighted by Crippen LogP contribution is 2.13. The highest BCUT2D eigenvalue weighted by molar-refractivity contribution is 9.10. The summed E-state index contributed by atoms with van der Waals surface area (Å²) in [7, 11) is 2.19. The molecular formula is C14H16BBrN2. The zero-order valence-electron chi connectivity index (χ0n) is 10.5. The average molecular weight is 303 g/mol. The van der Waals surface area contributed by atoms with Gasteiger partial charge in [-0.2, -0.15) is 0 Å². The molecule has 18 heavy (non-hydrogen) atoms. The molecule has 0 fully saturated rings. The summed E-state index contributed by atoms with van der Waals surface area (Å²) in [6.07, 6.45) is 4.77. The summed E-state index contributed by atoms with van der Waals surface area (Å²) in [5.41, 5.74) is 2.59. The van der Waals surface area contributed by atoms with Crippen LogP contribution in [0.2, 0.25) is 0 Å². The summed E-state index contributed by atoms with van der Waals surface area (Å²) in [4.78, 5) is 6.61. The normalized spacial score (nSPS) is 10.8. The Kier molecular flexibility index (Phi) is 4.96. The Bertz CT molecular complexity index is 490. The van der Waals surface area contributed by atoms with Crippen LogP contribution >= 0.6 is 15.9 Å². The molecule has 92 valence electrons. The zero-order chi connectivity index (χ0) is 12.8. The highest BCUT2D eigenvalue weighted by atomic mass is 79.9. The van der Waals surface area contributed by atoms with E-state index in [0.29, 0.717) is 0 Å². The van der Waals surface area contributed by atoms with Crippen molar-refractivity contribution in [2.45, 2.75) is 13.1 Å². The van der Waals surface area contributed by atoms with Crippen LogP contribution in [0.5, 0.6) is 0 Å². The first-order valence-electron chi connectivity index (χ1n) is 6.13. The Balaban J connectivity index is 2.01. The first kappa shape index (κ1) is 13.3. The van der Waals surface area contributed by atoms with E-state index in [1.54, 1.807) is 0 Å². The lowest BCUT2D eigenvalue weighted by atomic mass is 10.1. The van der Waals surface area contributed by atoms with E-state index in [2.05, 4.69) is 70.1 Å². The van der Waals surface area contributed by atoms with Crippen molar-refractivity contribution in [1.82, 2.24) is 9.88 Å². The van der Waals surface area contributed by atoms with E-state index in [4.69, 9.17) is 0 Å². The second-order valence-electron chi connectivity index (χ2n) is 4.30. The molecule has 0 N–H and O–H groups in total. The van der Waals surface area contributed by atoms with Crippen molar-refractivity contribution in [2.24, 2.45) is 0 Å². The molecule has 2 aromatic rings. The fourth-order valence-electron chi connectivity index (χ4n) is 1.92. The minimum absolute atomic E-state index is 0.928. The summed E-state index contributed by atoms with van der Waals surface area (Å²) in [5.74, 6) is 0. The van der Waals surface area contributed by atoms with Gasteiger partial charge in [-0.3, -0.25) is 4.98 Å². The molecule has 0 atom stereocenters. The maximum atomic E-state index is 4.21. The first-order chi connectivity index (χ1) is 8.78. The van der Waals surface area contributed by atoms with Crippen LogP contribution in [0.15, 0.2) is 53.3 Å². The van der Waals surface area contributed by atoms with Crippen LogP contribution in [0.4, 0.5) is 0 Å². The summed E-state index contributed by atoms with van der Waals surface area (Å²) in [6.45, 7) is 1.90. The predicted molar refractivity (Wildman–Crippen MR) is 81.0 cm³/mol. The van der Waals surface area contributed by atoms with Crippen LogP contribution in [0.25, 0.3) is 0 Å². The summed E-state index contributed by atoms with van der Waals surface area (Å²) < 4.78 is 1.04. The monoisotopic (exact) mass is 302 g/mol. The molecule has 0 saturated carbocycles. The van der Waals surface area contributed by atoms with Gasteiger partial charge in [0.2, 0.25) is 0 Å². The van der Waals surface area contributed by atoms with Gasteiger partial charge < -0.3 is 4.90 Å². The number of hydrogen-bond donors (Lipinski definition) is 0. The van der Waals surface area contributed by atoms with E-state index < -0.39 is 0 Å². The number of rotatable bonds is 5. The van der Waals surface area contributed by atoms with Crippen molar-refractivity contribution in [3.63, 3.8) is 0 Å². The lowest BCUT2D eigenvalue weighted by molar-refractivity contribution is 0.301. The molecule has 0 aliphatic carbocycles. The Hall–Kier alpha value is -1.13. The van der Waals surface area contributed by atoms with Crippen LogP contribution in [0, 0.1) is 0 Å². The number of halogens is 1. The second kappa shape index (κ2) is 6.71. The van der Waals surface area contributed by atoms with E-state index >= 15 is 0 Å². The molecule has 0 amide bonds. The van der Waals surface area contributed by atoms with E-state index in [0.717, 1.165) is 24.0 Å². The zero-order valence-corrected chi connectivity index (χ0v) is 12.1. The first-order valence-corrected chi connectivity index (χ1v) is 6.93. The van der Waals surface area contributed by atoms with Gasteiger partial charge in [-0.15, -0.1) is 0 Å². The molecule has 0 aliphatic heterocycles. The predicted octanol–water partition coefficient (Wildman–Crippen LogP) is 2.44. The van der Waals surface area contributed by atoms with Gasteiger partial charge in [-0.25, -0.2) is 0 Å². The van der Waals surface area contributed by atoms with Crippen molar-refractivity contribution in [3.05, 3.63) is 64.4 Å². The SMILES string of the molecule is BCN(Cc1ccccc1)Cc1cncc(Br)c1. The van der Waals surface area contributed by atoms with E-state index in [1.807, 2.05) is 12.4 Å². The van der Waals surface area contributed by atoms with Crippen LogP contribution in [-0.4, -0.2) is 24.2 Å². The fourth-order valence-corrected chi connectivity index (χ4v) is 2.33. The van der Waals surface area contributed by atoms with E-state index in [1.165, 1.54) is 11.1 Å². The molecule has 0 unspecified atom stereocenters. The highest BCUT2D eigenvalue weighted by Gasteiger charge is 2.05. The van der Waals surface area contributed by atoms with Crippen molar-refractivity contribution >= 4 is 23.8 Å². The molecule has 4 heteroatoms. The third-order valence-corrected chi connectivity index (χ3v) is 3.30. The van der Waals surface area contributed by atoms with Gasteiger partial charge in [0.1, 0.15) is 7.85 Å². The average Bonchev–Trinajstić information content (AvgIpc) is 2.39. The second-order valence-corrected chi connectivity index (χ2v) is 5.22. The Morgan fingerprint density at radius 3 is 2.44 bits per heavy atom. The van der Waals surface area contributed by atoms with Crippen molar-refractivity contribution in [3.8, 4) is 0 Å². The summed E-state index contributed by atoms with van der Waals surface area (Å²) in [6, 6.07) is 12.7. The molecule has 0 aliphatic rings. The topological polar surface area (TPSA) is 16.1 Å². The van der Waals surface area contributed by atoms with Gasteiger partial charge >= 0.3 is 0 Å². The molecule has 0 bridgehead atoms. The molecule has 0 spiro atoms.